The molecule has 1 amide bonds. The van der Waals surface area contributed by atoms with Crippen molar-refractivity contribution in [2.24, 2.45) is 0 Å². The van der Waals surface area contributed by atoms with Crippen molar-refractivity contribution in [2.45, 2.75) is 33.6 Å². The van der Waals surface area contributed by atoms with Gasteiger partial charge in [0, 0.05) is 32.1 Å². The number of hydrogen-bond donors (Lipinski definition) is 1. The van der Waals surface area contributed by atoms with Crippen LogP contribution in [0.1, 0.15) is 38.1 Å². The molecule has 1 aromatic heterocycles. The quantitative estimate of drug-likeness (QED) is 0.882. The highest BCUT2D eigenvalue weighted by molar-refractivity contribution is 5.81. The van der Waals surface area contributed by atoms with E-state index in [2.05, 4.69) is 9.97 Å². The lowest BCUT2D eigenvalue weighted by molar-refractivity contribution is -0.127. The molecule has 0 aliphatic heterocycles. The molecule has 0 saturated carbocycles. The van der Waals surface area contributed by atoms with Crippen molar-refractivity contribution in [1.29, 1.82) is 0 Å². The molecule has 2 N–H and O–H groups in total. The zero-order chi connectivity index (χ0) is 15.4. The van der Waals surface area contributed by atoms with Gasteiger partial charge in [0.2, 0.25) is 5.91 Å². The van der Waals surface area contributed by atoms with Crippen molar-refractivity contribution in [2.75, 3.05) is 37.8 Å². The van der Waals surface area contributed by atoms with Crippen LogP contribution in [0, 0.1) is 6.92 Å². The largest absolute Gasteiger partial charge is 0.383 e. The summed E-state index contributed by atoms with van der Waals surface area (Å²) in [5.41, 5.74) is 6.79. The van der Waals surface area contributed by atoms with Gasteiger partial charge in [-0.1, -0.05) is 13.8 Å². The molecule has 6 nitrogen and oxygen atoms in total. The third kappa shape index (κ3) is 3.59. The first kappa shape index (κ1) is 16.2. The Hall–Kier alpha value is -1.85. The van der Waals surface area contributed by atoms with Crippen molar-refractivity contribution >= 4 is 17.5 Å². The van der Waals surface area contributed by atoms with Crippen LogP contribution in [0.25, 0.3) is 0 Å². The van der Waals surface area contributed by atoms with Crippen molar-refractivity contribution in [1.82, 2.24) is 14.9 Å². The molecule has 112 valence electrons. The molecule has 0 saturated heterocycles. The van der Waals surface area contributed by atoms with E-state index in [0.29, 0.717) is 24.7 Å². The molecular weight excluding hydrogens is 254 g/mol. The predicted molar refractivity (Wildman–Crippen MR) is 81.9 cm³/mol. The maximum Gasteiger partial charge on any atom is 0.241 e. The number of nitrogens with zero attached hydrogens (tertiary/aromatic N) is 4. The zero-order valence-corrected chi connectivity index (χ0v) is 13.3. The highest BCUT2D eigenvalue weighted by Crippen LogP contribution is 2.24. The van der Waals surface area contributed by atoms with Gasteiger partial charge in [0.05, 0.1) is 6.54 Å². The molecular formula is C14H25N5O. The van der Waals surface area contributed by atoms with E-state index in [1.54, 1.807) is 19.0 Å². The van der Waals surface area contributed by atoms with Crippen molar-refractivity contribution < 1.29 is 4.79 Å². The van der Waals surface area contributed by atoms with Crippen molar-refractivity contribution in [3.8, 4) is 0 Å². The number of hydrogen-bond acceptors (Lipinski definition) is 5. The number of carbonyl (C=O) groups excluding carboxylic acids is 1. The van der Waals surface area contributed by atoms with Gasteiger partial charge in [0.25, 0.3) is 0 Å². The summed E-state index contributed by atoms with van der Waals surface area (Å²) in [5.74, 6) is 2.17. The van der Waals surface area contributed by atoms with Gasteiger partial charge in [0.1, 0.15) is 17.5 Å². The molecule has 0 radical (unpaired) electrons. The van der Waals surface area contributed by atoms with Crippen molar-refractivity contribution in [3.05, 3.63) is 11.4 Å². The maximum absolute atomic E-state index is 11.9. The number of rotatable bonds is 5. The molecule has 6 heteroatoms. The summed E-state index contributed by atoms with van der Waals surface area (Å²) in [6.45, 7) is 8.91. The normalized spacial score (nSPS) is 10.8. The van der Waals surface area contributed by atoms with Gasteiger partial charge >= 0.3 is 0 Å². The third-order valence-electron chi connectivity index (χ3n) is 3.20. The summed E-state index contributed by atoms with van der Waals surface area (Å²) in [4.78, 5) is 24.3. The Balaban J connectivity index is 3.17. The number of anilines is 2. The van der Waals surface area contributed by atoms with Gasteiger partial charge in [-0.3, -0.25) is 4.79 Å². The molecule has 0 spiro atoms. The van der Waals surface area contributed by atoms with Crippen LogP contribution < -0.4 is 10.6 Å². The summed E-state index contributed by atoms with van der Waals surface area (Å²) < 4.78 is 0. The second kappa shape index (κ2) is 6.54. The van der Waals surface area contributed by atoms with E-state index in [0.717, 1.165) is 11.4 Å². The Bertz CT molecular complexity index is 485. The van der Waals surface area contributed by atoms with E-state index >= 15 is 0 Å². The van der Waals surface area contributed by atoms with Crippen LogP contribution in [-0.4, -0.2) is 48.0 Å². The van der Waals surface area contributed by atoms with E-state index in [9.17, 15) is 4.79 Å². The first-order chi connectivity index (χ1) is 9.27. The molecule has 0 unspecified atom stereocenters. The minimum Gasteiger partial charge on any atom is -0.383 e. The van der Waals surface area contributed by atoms with Gasteiger partial charge in [0.15, 0.2) is 0 Å². The lowest BCUT2D eigenvalue weighted by Gasteiger charge is -2.25. The number of aromatic nitrogens is 2. The lowest BCUT2D eigenvalue weighted by atomic mass is 10.2. The van der Waals surface area contributed by atoms with E-state index in [1.807, 2.05) is 32.6 Å². The molecule has 0 fully saturated rings. The molecule has 1 heterocycles. The van der Waals surface area contributed by atoms with Crippen LogP contribution in [0.2, 0.25) is 0 Å². The molecule has 0 aromatic carbocycles. The summed E-state index contributed by atoms with van der Waals surface area (Å²) in [7, 11) is 3.49. The van der Waals surface area contributed by atoms with Crippen LogP contribution in [0.4, 0.5) is 11.6 Å². The molecule has 1 rings (SSSR count). The highest BCUT2D eigenvalue weighted by Gasteiger charge is 2.18. The van der Waals surface area contributed by atoms with Gasteiger partial charge < -0.3 is 15.5 Å². The Morgan fingerprint density at radius 3 is 2.35 bits per heavy atom. The van der Waals surface area contributed by atoms with E-state index < -0.39 is 0 Å². The predicted octanol–water partition coefficient (Wildman–Crippen LogP) is 1.41. The number of likely N-dealkylation sites (N-methyl/N-ethyl adjacent to an activating group) is 2. The van der Waals surface area contributed by atoms with Gasteiger partial charge in [-0.2, -0.15) is 0 Å². The van der Waals surface area contributed by atoms with Crippen LogP contribution >= 0.6 is 0 Å². The second-order valence-corrected chi connectivity index (χ2v) is 5.37. The number of nitrogen functional groups attached to an aromatic ring is 1. The first-order valence-corrected chi connectivity index (χ1v) is 6.87. The Morgan fingerprint density at radius 2 is 1.90 bits per heavy atom. The average molecular weight is 279 g/mol. The zero-order valence-electron chi connectivity index (χ0n) is 13.3. The van der Waals surface area contributed by atoms with E-state index in [4.69, 9.17) is 5.73 Å². The number of nitrogens with two attached hydrogens (primary N) is 1. The molecule has 0 aliphatic carbocycles. The van der Waals surface area contributed by atoms with Gasteiger partial charge in [-0.05, 0) is 13.8 Å². The summed E-state index contributed by atoms with van der Waals surface area (Å²) in [5, 5.41) is 0. The molecule has 0 aliphatic rings. The second-order valence-electron chi connectivity index (χ2n) is 5.37. The van der Waals surface area contributed by atoms with Gasteiger partial charge in [-0.25, -0.2) is 9.97 Å². The fourth-order valence-corrected chi connectivity index (χ4v) is 1.75. The summed E-state index contributed by atoms with van der Waals surface area (Å²) in [6.07, 6.45) is 0. The van der Waals surface area contributed by atoms with Crippen LogP contribution in [-0.2, 0) is 4.79 Å². The third-order valence-corrected chi connectivity index (χ3v) is 3.20. The smallest absolute Gasteiger partial charge is 0.241 e. The van der Waals surface area contributed by atoms with Gasteiger partial charge in [-0.15, -0.1) is 0 Å². The minimum atomic E-state index is 0.0366. The SMILES string of the molecule is CCN(CC(=O)N(C)C)c1nc(C(C)C)nc(N)c1C. The highest BCUT2D eigenvalue weighted by atomic mass is 16.2. The summed E-state index contributed by atoms with van der Waals surface area (Å²) >= 11 is 0. The number of amides is 1. The standard InChI is InChI=1S/C14H25N5O/c1-7-19(8-11(20)18(5)6)14-10(4)12(15)16-13(17-14)9(2)3/h9H,7-8H2,1-6H3,(H2,15,16,17). The first-order valence-electron chi connectivity index (χ1n) is 6.87. The van der Waals surface area contributed by atoms with E-state index in [1.165, 1.54) is 0 Å². The fourth-order valence-electron chi connectivity index (χ4n) is 1.75. The monoisotopic (exact) mass is 279 g/mol. The summed E-state index contributed by atoms with van der Waals surface area (Å²) in [6, 6.07) is 0. The Kier molecular flexibility index (Phi) is 5.30. The maximum atomic E-state index is 11.9. The van der Waals surface area contributed by atoms with Crippen LogP contribution in [0.15, 0.2) is 0 Å². The minimum absolute atomic E-state index is 0.0366. The average Bonchev–Trinajstić information content (AvgIpc) is 2.38. The molecule has 0 atom stereocenters. The van der Waals surface area contributed by atoms with Crippen LogP contribution in [0.3, 0.4) is 0 Å². The van der Waals surface area contributed by atoms with Crippen molar-refractivity contribution in [3.63, 3.8) is 0 Å². The Labute approximate surface area is 121 Å². The molecule has 1 aromatic rings. The Morgan fingerprint density at radius 1 is 1.30 bits per heavy atom. The molecule has 20 heavy (non-hydrogen) atoms. The van der Waals surface area contributed by atoms with E-state index in [-0.39, 0.29) is 11.8 Å². The van der Waals surface area contributed by atoms with Crippen LogP contribution in [0.5, 0.6) is 0 Å². The number of carbonyl (C=O) groups is 1. The topological polar surface area (TPSA) is 75.4 Å². The lowest BCUT2D eigenvalue weighted by Crippen LogP contribution is -2.37. The molecule has 0 bridgehead atoms. The fraction of sp³-hybridized carbons (Fsp3) is 0.643.